The fraction of sp³-hybridized carbons (Fsp3) is 0.909. The highest BCUT2D eigenvalue weighted by Gasteiger charge is 2.20. The first kappa shape index (κ1) is 80.9. The van der Waals surface area contributed by atoms with Gasteiger partial charge in [-0.2, -0.15) is 0 Å². The van der Waals surface area contributed by atoms with Crippen LogP contribution in [0.2, 0.25) is 0 Å². The minimum Gasteiger partial charge on any atom is -0.462 e. The van der Waals surface area contributed by atoms with Crippen LogP contribution in [0.25, 0.3) is 0 Å². The molecule has 0 saturated heterocycles. The molecule has 6 heteroatoms. The van der Waals surface area contributed by atoms with E-state index in [-0.39, 0.29) is 31.1 Å². The number of hydrogen-bond acceptors (Lipinski definition) is 6. The monoisotopic (exact) mass is 1170 g/mol. The second-order valence-electron chi connectivity index (χ2n) is 25.9. The standard InChI is InChI=1S/C77H146O6/c1-4-7-10-13-16-19-22-25-28-31-34-36-37-38-39-41-43-46-49-52-55-58-61-64-67-70-76(79)82-73-74(72-81-75(78)69-66-63-60-57-54-51-48-45-42-33-30-27-24-21-18-15-12-9-6-3)83-77(80)71-68-65-62-59-56-53-50-47-44-40-35-32-29-26-23-20-17-14-11-8-5-2/h18,21,27,30,74H,4-17,19-20,22-26,28-29,31-73H2,1-3H3/b21-18-,30-27-. The van der Waals surface area contributed by atoms with Crippen molar-refractivity contribution in [2.75, 3.05) is 13.2 Å². The van der Waals surface area contributed by atoms with E-state index in [1.807, 2.05) is 0 Å². The maximum atomic E-state index is 13.0. The maximum absolute atomic E-state index is 13.0. The normalized spacial score (nSPS) is 12.1. The zero-order valence-electron chi connectivity index (χ0n) is 56.5. The van der Waals surface area contributed by atoms with Gasteiger partial charge in [0.05, 0.1) is 0 Å². The van der Waals surface area contributed by atoms with Gasteiger partial charge in [0.1, 0.15) is 13.2 Å². The summed E-state index contributed by atoms with van der Waals surface area (Å²) in [6.07, 6.45) is 89.3. The van der Waals surface area contributed by atoms with Gasteiger partial charge in [-0.05, 0) is 51.4 Å². The van der Waals surface area contributed by atoms with E-state index in [4.69, 9.17) is 14.2 Å². The first-order valence-electron chi connectivity index (χ1n) is 37.8. The Balaban J connectivity index is 4.27. The summed E-state index contributed by atoms with van der Waals surface area (Å²) >= 11 is 0. The number of hydrogen-bond donors (Lipinski definition) is 0. The number of esters is 3. The van der Waals surface area contributed by atoms with Crippen molar-refractivity contribution < 1.29 is 28.6 Å². The summed E-state index contributed by atoms with van der Waals surface area (Å²) in [6.45, 7) is 6.72. The van der Waals surface area contributed by atoms with Crippen LogP contribution >= 0.6 is 0 Å². The molecule has 0 aliphatic heterocycles. The van der Waals surface area contributed by atoms with Crippen LogP contribution in [0.5, 0.6) is 0 Å². The number of unbranched alkanes of at least 4 members (excludes halogenated alkanes) is 56. The fourth-order valence-electron chi connectivity index (χ4n) is 11.8. The topological polar surface area (TPSA) is 78.9 Å². The largest absolute Gasteiger partial charge is 0.462 e. The summed E-state index contributed by atoms with van der Waals surface area (Å²) in [4.78, 5) is 38.6. The zero-order chi connectivity index (χ0) is 59.9. The summed E-state index contributed by atoms with van der Waals surface area (Å²) < 4.78 is 17.1. The van der Waals surface area contributed by atoms with Crippen molar-refractivity contribution in [3.05, 3.63) is 24.3 Å². The third-order valence-electron chi connectivity index (χ3n) is 17.5. The van der Waals surface area contributed by atoms with Gasteiger partial charge in [-0.1, -0.05) is 385 Å². The van der Waals surface area contributed by atoms with Gasteiger partial charge in [0.2, 0.25) is 0 Å². The Morgan fingerprint density at radius 3 is 0.687 bits per heavy atom. The van der Waals surface area contributed by atoms with Crippen LogP contribution in [0.4, 0.5) is 0 Å². The second-order valence-corrected chi connectivity index (χ2v) is 25.9. The number of ether oxygens (including phenoxy) is 3. The average Bonchev–Trinajstić information content (AvgIpc) is 3.49. The van der Waals surface area contributed by atoms with Crippen LogP contribution in [-0.4, -0.2) is 37.2 Å². The molecular formula is C77H146O6. The molecule has 0 aliphatic rings. The predicted molar refractivity (Wildman–Crippen MR) is 363 cm³/mol. The fourth-order valence-corrected chi connectivity index (χ4v) is 11.8. The average molecular weight is 1170 g/mol. The van der Waals surface area contributed by atoms with Crippen molar-refractivity contribution in [1.29, 1.82) is 0 Å². The number of carbonyl (C=O) groups is 3. The molecule has 0 aliphatic carbocycles. The molecule has 0 bridgehead atoms. The molecule has 83 heavy (non-hydrogen) atoms. The van der Waals surface area contributed by atoms with Gasteiger partial charge in [0.15, 0.2) is 6.10 Å². The molecular weight excluding hydrogens is 1020 g/mol. The van der Waals surface area contributed by atoms with Crippen LogP contribution in [-0.2, 0) is 28.6 Å². The first-order chi connectivity index (χ1) is 41.0. The predicted octanol–water partition coefficient (Wildman–Crippen LogP) is 26.1. The number of allylic oxidation sites excluding steroid dienone is 4. The summed E-state index contributed by atoms with van der Waals surface area (Å²) in [5.41, 5.74) is 0. The van der Waals surface area contributed by atoms with Gasteiger partial charge in [-0.25, -0.2) is 0 Å². The molecule has 0 spiro atoms. The molecule has 6 nitrogen and oxygen atoms in total. The van der Waals surface area contributed by atoms with Gasteiger partial charge in [0, 0.05) is 19.3 Å². The molecule has 1 atom stereocenters. The Labute approximate surface area is 519 Å². The lowest BCUT2D eigenvalue weighted by molar-refractivity contribution is -0.167. The number of rotatable bonds is 71. The van der Waals surface area contributed by atoms with Gasteiger partial charge in [-0.3, -0.25) is 14.4 Å². The smallest absolute Gasteiger partial charge is 0.306 e. The van der Waals surface area contributed by atoms with Crippen molar-refractivity contribution >= 4 is 17.9 Å². The lowest BCUT2D eigenvalue weighted by atomic mass is 10.0. The third kappa shape index (κ3) is 70.5. The van der Waals surface area contributed by atoms with Gasteiger partial charge in [0.25, 0.3) is 0 Å². The highest BCUT2D eigenvalue weighted by atomic mass is 16.6. The number of carbonyl (C=O) groups excluding carboxylic acids is 3. The molecule has 0 aromatic heterocycles. The van der Waals surface area contributed by atoms with Crippen molar-refractivity contribution in [2.24, 2.45) is 0 Å². The lowest BCUT2D eigenvalue weighted by Crippen LogP contribution is -2.30. The molecule has 0 fully saturated rings. The van der Waals surface area contributed by atoms with Crippen molar-refractivity contribution in [3.8, 4) is 0 Å². The molecule has 0 rings (SSSR count). The maximum Gasteiger partial charge on any atom is 0.306 e. The van der Waals surface area contributed by atoms with Gasteiger partial charge in [-0.15, -0.1) is 0 Å². The summed E-state index contributed by atoms with van der Waals surface area (Å²) in [6, 6.07) is 0. The van der Waals surface area contributed by atoms with Gasteiger partial charge >= 0.3 is 17.9 Å². The SMILES string of the molecule is CCCCC/C=C\C/C=C\CCCCCCCCCCCC(=O)OCC(COC(=O)CCCCCCCCCCCCCCCCCCCCCCCCCCC)OC(=O)CCCCCCCCCCCCCCCCCCCCCCC. The summed E-state index contributed by atoms with van der Waals surface area (Å²) in [7, 11) is 0. The Morgan fingerprint density at radius 1 is 0.241 bits per heavy atom. The van der Waals surface area contributed by atoms with Crippen molar-refractivity contribution in [1.82, 2.24) is 0 Å². The Hall–Kier alpha value is -2.11. The molecule has 0 radical (unpaired) electrons. The van der Waals surface area contributed by atoms with Crippen molar-refractivity contribution in [2.45, 2.75) is 438 Å². The highest BCUT2D eigenvalue weighted by Crippen LogP contribution is 2.20. The van der Waals surface area contributed by atoms with Crippen LogP contribution in [0.3, 0.4) is 0 Å². The second kappa shape index (κ2) is 72.4. The van der Waals surface area contributed by atoms with E-state index in [1.165, 1.54) is 327 Å². The van der Waals surface area contributed by atoms with Crippen LogP contribution in [0.15, 0.2) is 24.3 Å². The molecule has 0 heterocycles. The van der Waals surface area contributed by atoms with Crippen LogP contribution in [0, 0.1) is 0 Å². The quantitative estimate of drug-likeness (QED) is 0.0261. The van der Waals surface area contributed by atoms with E-state index >= 15 is 0 Å². The lowest BCUT2D eigenvalue weighted by Gasteiger charge is -2.18. The molecule has 0 saturated carbocycles. The van der Waals surface area contributed by atoms with E-state index in [0.717, 1.165) is 64.2 Å². The van der Waals surface area contributed by atoms with E-state index in [1.54, 1.807) is 0 Å². The molecule has 0 amide bonds. The Bertz CT molecular complexity index is 1340. The van der Waals surface area contributed by atoms with Crippen molar-refractivity contribution in [3.63, 3.8) is 0 Å². The molecule has 1 unspecified atom stereocenters. The molecule has 490 valence electrons. The minimum absolute atomic E-state index is 0.0653. The Morgan fingerprint density at radius 2 is 0.434 bits per heavy atom. The zero-order valence-corrected chi connectivity index (χ0v) is 56.5. The summed E-state index contributed by atoms with van der Waals surface area (Å²) in [5.74, 6) is -0.831. The minimum atomic E-state index is -0.771. The molecule has 0 aromatic carbocycles. The van der Waals surface area contributed by atoms with E-state index in [2.05, 4.69) is 45.1 Å². The van der Waals surface area contributed by atoms with Gasteiger partial charge < -0.3 is 14.2 Å². The molecule has 0 aromatic rings. The van der Waals surface area contributed by atoms with E-state index in [0.29, 0.717) is 19.3 Å². The third-order valence-corrected chi connectivity index (χ3v) is 17.5. The Kier molecular flexibility index (Phi) is 70.5. The highest BCUT2D eigenvalue weighted by molar-refractivity contribution is 5.71. The molecule has 0 N–H and O–H groups in total. The van der Waals surface area contributed by atoms with Crippen LogP contribution < -0.4 is 0 Å². The van der Waals surface area contributed by atoms with E-state index < -0.39 is 6.10 Å². The van der Waals surface area contributed by atoms with E-state index in [9.17, 15) is 14.4 Å². The van der Waals surface area contributed by atoms with Crippen LogP contribution in [0.1, 0.15) is 432 Å². The first-order valence-corrected chi connectivity index (χ1v) is 37.8. The summed E-state index contributed by atoms with van der Waals surface area (Å²) in [5, 5.41) is 0.